The molecule has 7 nitrogen and oxygen atoms in total. The molecule has 0 saturated carbocycles. The number of para-hydroxylation sites is 1. The van der Waals surface area contributed by atoms with Gasteiger partial charge in [0.1, 0.15) is 5.70 Å². The molecule has 0 aliphatic carbocycles. The third-order valence-electron chi connectivity index (χ3n) is 4.99. The van der Waals surface area contributed by atoms with E-state index in [1.54, 1.807) is 36.2 Å². The standard InChI is InChI=1S/C24H27N3O4/c1-4-31-16-8-15-27-23(29)21(18-11-13-19(14-12-18)25-17(2)28)22(24(27)30)26(3)20-9-6-5-7-10-20/h5-7,9-14H,4,8,15-16H2,1-3H3,(H,25,28). The first-order valence-corrected chi connectivity index (χ1v) is 10.3. The molecular weight excluding hydrogens is 394 g/mol. The molecule has 1 aliphatic heterocycles. The normalized spacial score (nSPS) is 13.7. The molecule has 0 radical (unpaired) electrons. The van der Waals surface area contributed by atoms with Gasteiger partial charge in [-0.3, -0.25) is 19.3 Å². The molecule has 0 saturated heterocycles. The molecule has 162 valence electrons. The van der Waals surface area contributed by atoms with E-state index < -0.39 is 0 Å². The monoisotopic (exact) mass is 421 g/mol. The second kappa shape index (κ2) is 10.0. The quantitative estimate of drug-likeness (QED) is 0.497. The molecule has 3 rings (SSSR count). The number of carbonyl (C=O) groups excluding carboxylic acids is 3. The predicted octanol–water partition coefficient (Wildman–Crippen LogP) is 3.29. The Kier molecular flexibility index (Phi) is 7.20. The van der Waals surface area contributed by atoms with Gasteiger partial charge in [0.05, 0.1) is 5.57 Å². The summed E-state index contributed by atoms with van der Waals surface area (Å²) in [7, 11) is 1.78. The summed E-state index contributed by atoms with van der Waals surface area (Å²) in [5, 5.41) is 2.71. The van der Waals surface area contributed by atoms with Crippen molar-refractivity contribution in [2.24, 2.45) is 0 Å². The number of imide groups is 1. The summed E-state index contributed by atoms with van der Waals surface area (Å²) < 4.78 is 5.36. The van der Waals surface area contributed by atoms with Gasteiger partial charge < -0.3 is 15.0 Å². The van der Waals surface area contributed by atoms with E-state index in [9.17, 15) is 14.4 Å². The van der Waals surface area contributed by atoms with E-state index >= 15 is 0 Å². The molecule has 7 heteroatoms. The lowest BCUT2D eigenvalue weighted by atomic mass is 10.0. The van der Waals surface area contributed by atoms with Gasteiger partial charge in [0.2, 0.25) is 5.91 Å². The van der Waals surface area contributed by atoms with Gasteiger partial charge in [-0.05, 0) is 43.2 Å². The second-order valence-corrected chi connectivity index (χ2v) is 7.19. The molecule has 0 atom stereocenters. The van der Waals surface area contributed by atoms with Gasteiger partial charge in [-0.15, -0.1) is 0 Å². The number of benzene rings is 2. The Balaban J connectivity index is 1.98. The molecule has 0 bridgehead atoms. The molecule has 1 N–H and O–H groups in total. The van der Waals surface area contributed by atoms with Crippen molar-refractivity contribution in [3.63, 3.8) is 0 Å². The maximum atomic E-state index is 13.3. The molecule has 2 aromatic carbocycles. The van der Waals surface area contributed by atoms with Crippen LogP contribution < -0.4 is 10.2 Å². The molecule has 31 heavy (non-hydrogen) atoms. The fourth-order valence-corrected chi connectivity index (χ4v) is 3.51. The maximum Gasteiger partial charge on any atom is 0.278 e. The summed E-state index contributed by atoms with van der Waals surface area (Å²) in [5.41, 5.74) is 2.74. The number of likely N-dealkylation sites (N-methyl/N-ethyl adjacent to an activating group) is 1. The van der Waals surface area contributed by atoms with Crippen LogP contribution in [0.2, 0.25) is 0 Å². The number of ether oxygens (including phenoxy) is 1. The van der Waals surface area contributed by atoms with E-state index in [1.807, 2.05) is 37.3 Å². The van der Waals surface area contributed by atoms with E-state index in [0.29, 0.717) is 42.2 Å². The van der Waals surface area contributed by atoms with Gasteiger partial charge in [-0.25, -0.2) is 0 Å². The van der Waals surface area contributed by atoms with Crippen LogP contribution in [0.15, 0.2) is 60.3 Å². The third-order valence-corrected chi connectivity index (χ3v) is 4.99. The van der Waals surface area contributed by atoms with Crippen molar-refractivity contribution in [2.75, 3.05) is 37.0 Å². The Labute approximate surface area is 182 Å². The summed E-state index contributed by atoms with van der Waals surface area (Å²) in [6.45, 7) is 4.70. The Hall–Kier alpha value is -3.45. The first-order valence-electron chi connectivity index (χ1n) is 10.3. The smallest absolute Gasteiger partial charge is 0.278 e. The van der Waals surface area contributed by atoms with Crippen LogP contribution >= 0.6 is 0 Å². The zero-order chi connectivity index (χ0) is 22.4. The largest absolute Gasteiger partial charge is 0.382 e. The minimum atomic E-state index is -0.327. The van der Waals surface area contributed by atoms with Crippen LogP contribution in [0.3, 0.4) is 0 Å². The highest BCUT2D eigenvalue weighted by Crippen LogP contribution is 2.34. The molecule has 1 heterocycles. The molecule has 3 amide bonds. The molecule has 0 spiro atoms. The highest BCUT2D eigenvalue weighted by atomic mass is 16.5. The lowest BCUT2D eigenvalue weighted by Crippen LogP contribution is -2.35. The van der Waals surface area contributed by atoms with Crippen molar-refractivity contribution in [3.8, 4) is 0 Å². The van der Waals surface area contributed by atoms with Crippen LogP contribution in [0, 0.1) is 0 Å². The lowest BCUT2D eigenvalue weighted by Gasteiger charge is -2.21. The van der Waals surface area contributed by atoms with E-state index in [1.165, 1.54) is 11.8 Å². The summed E-state index contributed by atoms with van der Waals surface area (Å²) in [6, 6.07) is 16.4. The molecule has 0 unspecified atom stereocenters. The molecular formula is C24H27N3O4. The molecule has 0 fully saturated rings. The number of nitrogens with one attached hydrogen (secondary N) is 1. The maximum absolute atomic E-state index is 13.3. The molecule has 0 aromatic heterocycles. The van der Waals surface area contributed by atoms with Crippen LogP contribution in [0.4, 0.5) is 11.4 Å². The van der Waals surface area contributed by atoms with E-state index in [4.69, 9.17) is 4.74 Å². The first-order chi connectivity index (χ1) is 14.9. The Morgan fingerprint density at radius 1 is 1.03 bits per heavy atom. The van der Waals surface area contributed by atoms with Gasteiger partial charge in [0.15, 0.2) is 0 Å². The summed E-state index contributed by atoms with van der Waals surface area (Å²) in [5.74, 6) is -0.829. The number of hydrogen-bond donors (Lipinski definition) is 1. The number of anilines is 2. The number of hydrogen-bond acceptors (Lipinski definition) is 5. The van der Waals surface area contributed by atoms with Gasteiger partial charge in [0.25, 0.3) is 11.8 Å². The summed E-state index contributed by atoms with van der Waals surface area (Å²) in [6.07, 6.45) is 0.572. The SMILES string of the molecule is CCOCCCN1C(=O)C(c2ccc(NC(C)=O)cc2)=C(N(C)c2ccccc2)C1=O. The molecule has 2 aromatic rings. The van der Waals surface area contributed by atoms with Crippen LogP contribution in [-0.2, 0) is 19.1 Å². The Bertz CT molecular complexity index is 984. The zero-order valence-electron chi connectivity index (χ0n) is 18.1. The van der Waals surface area contributed by atoms with E-state index in [-0.39, 0.29) is 24.3 Å². The van der Waals surface area contributed by atoms with Crippen LogP contribution in [0.1, 0.15) is 25.8 Å². The van der Waals surface area contributed by atoms with Crippen molar-refractivity contribution in [2.45, 2.75) is 20.3 Å². The van der Waals surface area contributed by atoms with Crippen LogP contribution in [0.5, 0.6) is 0 Å². The van der Waals surface area contributed by atoms with Gasteiger partial charge in [0, 0.05) is 45.1 Å². The third kappa shape index (κ3) is 5.00. The van der Waals surface area contributed by atoms with Crippen molar-refractivity contribution in [1.29, 1.82) is 0 Å². The van der Waals surface area contributed by atoms with Crippen molar-refractivity contribution >= 4 is 34.7 Å². The van der Waals surface area contributed by atoms with Crippen molar-refractivity contribution in [3.05, 3.63) is 65.9 Å². The first kappa shape index (κ1) is 22.2. The average Bonchev–Trinajstić information content (AvgIpc) is 3.01. The van der Waals surface area contributed by atoms with Crippen LogP contribution in [-0.4, -0.2) is 49.4 Å². The number of amides is 3. The minimum Gasteiger partial charge on any atom is -0.382 e. The molecule has 1 aliphatic rings. The number of carbonyl (C=O) groups is 3. The summed E-state index contributed by atoms with van der Waals surface area (Å²) >= 11 is 0. The van der Waals surface area contributed by atoms with E-state index in [2.05, 4.69) is 5.32 Å². The van der Waals surface area contributed by atoms with Crippen molar-refractivity contribution in [1.82, 2.24) is 4.90 Å². The Morgan fingerprint density at radius 3 is 2.32 bits per heavy atom. The average molecular weight is 421 g/mol. The Morgan fingerprint density at radius 2 is 1.71 bits per heavy atom. The summed E-state index contributed by atoms with van der Waals surface area (Å²) in [4.78, 5) is 40.9. The van der Waals surface area contributed by atoms with Gasteiger partial charge in [-0.1, -0.05) is 30.3 Å². The lowest BCUT2D eigenvalue weighted by molar-refractivity contribution is -0.137. The highest BCUT2D eigenvalue weighted by molar-refractivity contribution is 6.36. The van der Waals surface area contributed by atoms with Crippen molar-refractivity contribution < 1.29 is 19.1 Å². The fourth-order valence-electron chi connectivity index (χ4n) is 3.51. The van der Waals surface area contributed by atoms with Gasteiger partial charge >= 0.3 is 0 Å². The zero-order valence-corrected chi connectivity index (χ0v) is 18.1. The minimum absolute atomic E-state index is 0.177. The number of nitrogens with zero attached hydrogens (tertiary/aromatic N) is 2. The fraction of sp³-hybridized carbons (Fsp3) is 0.292. The second-order valence-electron chi connectivity index (χ2n) is 7.19. The van der Waals surface area contributed by atoms with Crippen LogP contribution in [0.25, 0.3) is 5.57 Å². The van der Waals surface area contributed by atoms with Gasteiger partial charge in [-0.2, -0.15) is 0 Å². The predicted molar refractivity (Wildman–Crippen MR) is 120 cm³/mol. The highest BCUT2D eigenvalue weighted by Gasteiger charge is 2.40. The topological polar surface area (TPSA) is 79.0 Å². The number of rotatable bonds is 9. The van der Waals surface area contributed by atoms with E-state index in [0.717, 1.165) is 5.69 Å².